The highest BCUT2D eigenvalue weighted by molar-refractivity contribution is 4.35. The molecule has 0 spiro atoms. The van der Waals surface area contributed by atoms with E-state index in [4.69, 9.17) is 5.84 Å². The van der Waals surface area contributed by atoms with Crippen molar-refractivity contribution < 1.29 is 0 Å². The maximum absolute atomic E-state index is 5.07. The molecule has 0 aromatic carbocycles. The summed E-state index contributed by atoms with van der Waals surface area (Å²) in [4.78, 5) is 0. The number of hydrogen-bond donors (Lipinski definition) is 4. The summed E-state index contributed by atoms with van der Waals surface area (Å²) >= 11 is 0. The smallest absolute Gasteiger partial charge is 0.0115 e. The molecule has 58 valence electrons. The van der Waals surface area contributed by atoms with Crippen LogP contribution in [-0.4, -0.2) is 18.1 Å². The Hall–Kier alpha value is -0.200. The van der Waals surface area contributed by atoms with Crippen LogP contribution in [0.3, 0.4) is 0 Å². The molecule has 0 atom stereocenters. The molecule has 0 fully saturated rings. The number of hydrazine groups is 3. The third-order valence-corrected chi connectivity index (χ3v) is 0.946. The molecule has 5 heteroatoms. The van der Waals surface area contributed by atoms with Gasteiger partial charge in [-0.15, -0.1) is 0 Å². The molecule has 0 aromatic heterocycles. The van der Waals surface area contributed by atoms with Crippen LogP contribution in [-0.2, 0) is 0 Å². The standard InChI is InChI=1S/C4H13N3.H4N2/c1-3-7(4-2)6-5;1-2/h6H,3-5H2,1-2H3;1-2H2. The number of rotatable bonds is 3. The van der Waals surface area contributed by atoms with Crippen molar-refractivity contribution in [2.75, 3.05) is 13.1 Å². The van der Waals surface area contributed by atoms with Crippen molar-refractivity contribution in [3.63, 3.8) is 0 Å². The molecule has 0 bridgehead atoms. The maximum atomic E-state index is 5.07. The molecule has 5 nitrogen and oxygen atoms in total. The van der Waals surface area contributed by atoms with Gasteiger partial charge in [0, 0.05) is 13.1 Å². The van der Waals surface area contributed by atoms with E-state index in [1.807, 2.05) is 18.9 Å². The van der Waals surface area contributed by atoms with Crippen molar-refractivity contribution >= 4 is 0 Å². The molecule has 0 unspecified atom stereocenters. The fourth-order valence-corrected chi connectivity index (χ4v) is 0.406. The van der Waals surface area contributed by atoms with E-state index in [9.17, 15) is 0 Å². The summed E-state index contributed by atoms with van der Waals surface area (Å²) < 4.78 is 0. The van der Waals surface area contributed by atoms with Crippen LogP contribution in [0.15, 0.2) is 0 Å². The minimum Gasteiger partial charge on any atom is -0.274 e. The Morgan fingerprint density at radius 2 is 1.56 bits per heavy atom. The van der Waals surface area contributed by atoms with Gasteiger partial charge in [-0.05, 0) is 0 Å². The SMILES string of the molecule is CCN(CC)NN.NN. The van der Waals surface area contributed by atoms with Crippen LogP contribution in [0.4, 0.5) is 0 Å². The zero-order chi connectivity index (χ0) is 7.70. The summed E-state index contributed by atoms with van der Waals surface area (Å²) in [6.07, 6.45) is 0. The topological polar surface area (TPSA) is 93.3 Å². The molecular formula is C4H17N5. The van der Waals surface area contributed by atoms with Crippen LogP contribution in [0.5, 0.6) is 0 Å². The molecule has 0 saturated carbocycles. The normalized spacial score (nSPS) is 8.67. The minimum atomic E-state index is 0.951. The van der Waals surface area contributed by atoms with Gasteiger partial charge in [-0.3, -0.25) is 17.5 Å². The first kappa shape index (κ1) is 11.6. The van der Waals surface area contributed by atoms with Gasteiger partial charge in [0.05, 0.1) is 0 Å². The monoisotopic (exact) mass is 135 g/mol. The quantitative estimate of drug-likeness (QED) is 0.280. The molecule has 0 aromatic rings. The Morgan fingerprint density at radius 1 is 1.22 bits per heavy atom. The molecule has 0 aliphatic carbocycles. The lowest BCUT2D eigenvalue weighted by Crippen LogP contribution is -2.42. The molecule has 0 radical (unpaired) electrons. The Labute approximate surface area is 56.1 Å². The van der Waals surface area contributed by atoms with Gasteiger partial charge in [0.1, 0.15) is 0 Å². The zero-order valence-electron chi connectivity index (χ0n) is 6.09. The highest BCUT2D eigenvalue weighted by Gasteiger charge is 1.88. The van der Waals surface area contributed by atoms with Gasteiger partial charge in [0.15, 0.2) is 0 Å². The van der Waals surface area contributed by atoms with Gasteiger partial charge in [0.2, 0.25) is 0 Å². The summed E-state index contributed by atoms with van der Waals surface area (Å²) in [7, 11) is 0. The fourth-order valence-electron chi connectivity index (χ4n) is 0.406. The second-order valence-electron chi connectivity index (χ2n) is 1.30. The number of nitrogens with zero attached hydrogens (tertiary/aromatic N) is 1. The molecule has 0 heterocycles. The largest absolute Gasteiger partial charge is 0.274 e. The molecule has 0 amide bonds. The third-order valence-electron chi connectivity index (χ3n) is 0.946. The van der Waals surface area contributed by atoms with Crippen LogP contribution >= 0.6 is 0 Å². The van der Waals surface area contributed by atoms with E-state index >= 15 is 0 Å². The van der Waals surface area contributed by atoms with E-state index in [2.05, 4.69) is 17.2 Å². The van der Waals surface area contributed by atoms with Gasteiger partial charge in [0.25, 0.3) is 0 Å². The average molecular weight is 135 g/mol. The first-order valence-electron chi connectivity index (χ1n) is 2.89. The third kappa shape index (κ3) is 7.80. The second-order valence-corrected chi connectivity index (χ2v) is 1.30. The van der Waals surface area contributed by atoms with E-state index in [-0.39, 0.29) is 0 Å². The number of nitrogens with one attached hydrogen (secondary N) is 1. The van der Waals surface area contributed by atoms with E-state index < -0.39 is 0 Å². The minimum absolute atomic E-state index is 0.951. The average Bonchev–Trinajstić information content (AvgIpc) is 1.96. The van der Waals surface area contributed by atoms with E-state index in [1.165, 1.54) is 0 Å². The molecular weight excluding hydrogens is 118 g/mol. The summed E-state index contributed by atoms with van der Waals surface area (Å²) in [6.45, 7) is 5.99. The van der Waals surface area contributed by atoms with Crippen molar-refractivity contribution in [1.29, 1.82) is 0 Å². The predicted octanol–water partition coefficient (Wildman–Crippen LogP) is -1.47. The van der Waals surface area contributed by atoms with Gasteiger partial charge < -0.3 is 0 Å². The van der Waals surface area contributed by atoms with Crippen LogP contribution in [0.2, 0.25) is 0 Å². The lowest BCUT2D eigenvalue weighted by molar-refractivity contribution is 0.212. The number of nitrogens with two attached hydrogens (primary N) is 3. The first-order valence-corrected chi connectivity index (χ1v) is 2.89. The first-order chi connectivity index (χ1) is 4.35. The van der Waals surface area contributed by atoms with Crippen molar-refractivity contribution in [2.24, 2.45) is 17.5 Å². The lowest BCUT2D eigenvalue weighted by Gasteiger charge is -2.14. The fraction of sp³-hybridized carbons (Fsp3) is 1.00. The Kier molecular flexibility index (Phi) is 13.8. The summed E-state index contributed by atoms with van der Waals surface area (Å²) in [5.41, 5.74) is 2.53. The van der Waals surface area contributed by atoms with Crippen molar-refractivity contribution in [2.45, 2.75) is 13.8 Å². The maximum Gasteiger partial charge on any atom is 0.0115 e. The Bertz CT molecular complexity index is 30.4. The molecule has 0 aliphatic rings. The van der Waals surface area contributed by atoms with Crippen LogP contribution in [0, 0.1) is 0 Å². The summed E-state index contributed by atoms with van der Waals surface area (Å²) in [5.74, 6) is 13.1. The van der Waals surface area contributed by atoms with Gasteiger partial charge in [-0.2, -0.15) is 5.53 Å². The lowest BCUT2D eigenvalue weighted by atomic mass is 10.6. The predicted molar refractivity (Wildman–Crippen MR) is 38.6 cm³/mol. The second kappa shape index (κ2) is 10.7. The molecule has 0 rings (SSSR count). The van der Waals surface area contributed by atoms with Gasteiger partial charge >= 0.3 is 0 Å². The van der Waals surface area contributed by atoms with Crippen LogP contribution in [0.25, 0.3) is 0 Å². The van der Waals surface area contributed by atoms with Crippen LogP contribution < -0.4 is 23.1 Å². The summed E-state index contributed by atoms with van der Waals surface area (Å²) in [5, 5.41) is 1.90. The van der Waals surface area contributed by atoms with Crippen molar-refractivity contribution in [1.82, 2.24) is 10.5 Å². The van der Waals surface area contributed by atoms with Crippen molar-refractivity contribution in [3.8, 4) is 0 Å². The Morgan fingerprint density at radius 3 is 1.56 bits per heavy atom. The highest BCUT2D eigenvalue weighted by atomic mass is 15.6. The highest BCUT2D eigenvalue weighted by Crippen LogP contribution is 1.72. The number of hydrogen-bond acceptors (Lipinski definition) is 5. The van der Waals surface area contributed by atoms with E-state index in [0.29, 0.717) is 0 Å². The van der Waals surface area contributed by atoms with Crippen LogP contribution in [0.1, 0.15) is 13.8 Å². The summed E-state index contributed by atoms with van der Waals surface area (Å²) in [6, 6.07) is 0. The van der Waals surface area contributed by atoms with E-state index in [1.54, 1.807) is 0 Å². The molecule has 0 aliphatic heterocycles. The van der Waals surface area contributed by atoms with Gasteiger partial charge in [-0.1, -0.05) is 13.8 Å². The Balaban J connectivity index is 0. The molecule has 9 heavy (non-hydrogen) atoms. The van der Waals surface area contributed by atoms with Gasteiger partial charge in [-0.25, -0.2) is 5.01 Å². The molecule has 7 N–H and O–H groups in total. The van der Waals surface area contributed by atoms with Crippen molar-refractivity contribution in [3.05, 3.63) is 0 Å². The zero-order valence-corrected chi connectivity index (χ0v) is 6.09. The molecule has 0 saturated heterocycles. The van der Waals surface area contributed by atoms with E-state index in [0.717, 1.165) is 13.1 Å².